The molecule has 1 aliphatic heterocycles. The van der Waals surface area contributed by atoms with Gasteiger partial charge in [0.1, 0.15) is 0 Å². The number of morpholine rings is 1. The molecule has 0 radical (unpaired) electrons. The summed E-state index contributed by atoms with van der Waals surface area (Å²) in [5.41, 5.74) is 0.445. The Kier molecular flexibility index (Phi) is 4.28. The first-order valence-electron chi connectivity index (χ1n) is 6.27. The standard InChI is InChI=1S/C14H20ClNO2/c1-14(2,17)13-8-16-12(9-18-13)7-10-3-5-11(15)6-4-10/h3-6,12-13,16-17H,7-9H2,1-2H3/t12-,13?/m0/s1. The van der Waals surface area contributed by atoms with Crippen LogP contribution in [0.25, 0.3) is 0 Å². The second-order valence-corrected chi connectivity index (χ2v) is 5.85. The average molecular weight is 270 g/mol. The monoisotopic (exact) mass is 269 g/mol. The molecule has 3 nitrogen and oxygen atoms in total. The van der Waals surface area contributed by atoms with Crippen LogP contribution in [0.3, 0.4) is 0 Å². The summed E-state index contributed by atoms with van der Waals surface area (Å²) in [6.45, 7) is 4.86. The van der Waals surface area contributed by atoms with E-state index in [9.17, 15) is 5.11 Å². The number of rotatable bonds is 3. The van der Waals surface area contributed by atoms with Crippen LogP contribution in [0.5, 0.6) is 0 Å². The van der Waals surface area contributed by atoms with Gasteiger partial charge in [-0.1, -0.05) is 23.7 Å². The lowest BCUT2D eigenvalue weighted by molar-refractivity contribution is -0.109. The van der Waals surface area contributed by atoms with Gasteiger partial charge in [-0.2, -0.15) is 0 Å². The van der Waals surface area contributed by atoms with E-state index in [1.54, 1.807) is 13.8 Å². The summed E-state index contributed by atoms with van der Waals surface area (Å²) in [4.78, 5) is 0. The van der Waals surface area contributed by atoms with Crippen molar-refractivity contribution in [3.8, 4) is 0 Å². The number of benzene rings is 1. The van der Waals surface area contributed by atoms with Crippen LogP contribution < -0.4 is 5.32 Å². The Hall–Kier alpha value is -0.610. The highest BCUT2D eigenvalue weighted by Crippen LogP contribution is 2.17. The molecule has 1 fully saturated rings. The van der Waals surface area contributed by atoms with E-state index in [0.717, 1.165) is 11.4 Å². The largest absolute Gasteiger partial charge is 0.388 e. The van der Waals surface area contributed by atoms with Crippen LogP contribution >= 0.6 is 11.6 Å². The van der Waals surface area contributed by atoms with E-state index in [0.29, 0.717) is 19.2 Å². The number of halogens is 1. The Bertz CT molecular complexity index is 378. The molecule has 0 amide bonds. The maximum absolute atomic E-state index is 9.87. The van der Waals surface area contributed by atoms with Gasteiger partial charge in [0.2, 0.25) is 0 Å². The van der Waals surface area contributed by atoms with Gasteiger partial charge < -0.3 is 15.2 Å². The molecule has 0 bridgehead atoms. The number of aliphatic hydroxyl groups is 1. The normalized spacial score (nSPS) is 25.1. The maximum Gasteiger partial charge on any atom is 0.0981 e. The lowest BCUT2D eigenvalue weighted by Crippen LogP contribution is -2.54. The Morgan fingerprint density at radius 3 is 2.56 bits per heavy atom. The van der Waals surface area contributed by atoms with Crippen molar-refractivity contribution in [1.29, 1.82) is 0 Å². The van der Waals surface area contributed by atoms with Gasteiger partial charge in [0, 0.05) is 17.6 Å². The minimum Gasteiger partial charge on any atom is -0.388 e. The van der Waals surface area contributed by atoms with Gasteiger partial charge in [-0.25, -0.2) is 0 Å². The van der Waals surface area contributed by atoms with E-state index in [4.69, 9.17) is 16.3 Å². The molecular weight excluding hydrogens is 250 g/mol. The molecule has 2 N–H and O–H groups in total. The van der Waals surface area contributed by atoms with Crippen molar-refractivity contribution in [3.63, 3.8) is 0 Å². The van der Waals surface area contributed by atoms with Crippen molar-refractivity contribution in [1.82, 2.24) is 5.32 Å². The van der Waals surface area contributed by atoms with Crippen molar-refractivity contribution < 1.29 is 9.84 Å². The molecular formula is C14H20ClNO2. The zero-order valence-corrected chi connectivity index (χ0v) is 11.6. The number of hydrogen-bond donors (Lipinski definition) is 2. The van der Waals surface area contributed by atoms with E-state index in [1.807, 2.05) is 24.3 Å². The molecule has 1 aromatic carbocycles. The fourth-order valence-corrected chi connectivity index (χ4v) is 2.24. The van der Waals surface area contributed by atoms with Gasteiger partial charge in [0.05, 0.1) is 18.3 Å². The van der Waals surface area contributed by atoms with Crippen molar-refractivity contribution in [2.45, 2.75) is 38.0 Å². The maximum atomic E-state index is 9.87. The smallest absolute Gasteiger partial charge is 0.0981 e. The van der Waals surface area contributed by atoms with E-state index >= 15 is 0 Å². The van der Waals surface area contributed by atoms with Gasteiger partial charge in [0.15, 0.2) is 0 Å². The molecule has 1 aliphatic rings. The molecule has 0 aromatic heterocycles. The minimum atomic E-state index is -0.793. The summed E-state index contributed by atoms with van der Waals surface area (Å²) in [6.07, 6.45) is 0.773. The summed E-state index contributed by atoms with van der Waals surface area (Å²) in [5, 5.41) is 14.0. The molecule has 1 unspecified atom stereocenters. The van der Waals surface area contributed by atoms with Gasteiger partial charge in [0.25, 0.3) is 0 Å². The van der Waals surface area contributed by atoms with E-state index < -0.39 is 5.60 Å². The average Bonchev–Trinajstić information content (AvgIpc) is 2.32. The number of ether oxygens (including phenoxy) is 1. The Balaban J connectivity index is 1.85. The predicted molar refractivity (Wildman–Crippen MR) is 73.0 cm³/mol. The van der Waals surface area contributed by atoms with Gasteiger partial charge in [-0.05, 0) is 38.0 Å². The van der Waals surface area contributed by atoms with Gasteiger partial charge >= 0.3 is 0 Å². The summed E-state index contributed by atoms with van der Waals surface area (Å²) in [7, 11) is 0. The molecule has 2 atom stereocenters. The predicted octanol–water partition coefficient (Wildman–Crippen LogP) is 2.01. The third kappa shape index (κ3) is 3.69. The molecule has 100 valence electrons. The molecule has 0 saturated carbocycles. The first-order valence-corrected chi connectivity index (χ1v) is 6.65. The minimum absolute atomic E-state index is 0.140. The van der Waals surface area contributed by atoms with Crippen LogP contribution in [0.4, 0.5) is 0 Å². The van der Waals surface area contributed by atoms with Crippen LogP contribution in [0.2, 0.25) is 5.02 Å². The van der Waals surface area contributed by atoms with Crippen LogP contribution in [-0.4, -0.2) is 36.0 Å². The van der Waals surface area contributed by atoms with Crippen LogP contribution in [0.15, 0.2) is 24.3 Å². The molecule has 18 heavy (non-hydrogen) atoms. The van der Waals surface area contributed by atoms with Crippen molar-refractivity contribution in [3.05, 3.63) is 34.9 Å². The molecule has 0 aliphatic carbocycles. The SMILES string of the molecule is CC(C)(O)C1CN[C@@H](Cc2ccc(Cl)cc2)CO1. The Morgan fingerprint density at radius 2 is 2.06 bits per heavy atom. The molecule has 2 rings (SSSR count). The molecule has 1 aromatic rings. The summed E-state index contributed by atoms with van der Waals surface area (Å²) in [5.74, 6) is 0. The first kappa shape index (κ1) is 13.8. The summed E-state index contributed by atoms with van der Waals surface area (Å²) in [6, 6.07) is 8.17. The molecule has 1 saturated heterocycles. The second kappa shape index (κ2) is 5.57. The van der Waals surface area contributed by atoms with Crippen LogP contribution in [-0.2, 0) is 11.2 Å². The van der Waals surface area contributed by atoms with E-state index in [-0.39, 0.29) is 6.10 Å². The van der Waals surface area contributed by atoms with Gasteiger partial charge in [-0.15, -0.1) is 0 Å². The fraction of sp³-hybridized carbons (Fsp3) is 0.571. The third-order valence-corrected chi connectivity index (χ3v) is 3.53. The van der Waals surface area contributed by atoms with E-state index in [2.05, 4.69) is 5.32 Å². The van der Waals surface area contributed by atoms with Crippen molar-refractivity contribution in [2.75, 3.05) is 13.2 Å². The lowest BCUT2D eigenvalue weighted by atomic mass is 9.98. The fourth-order valence-electron chi connectivity index (χ4n) is 2.11. The van der Waals surface area contributed by atoms with Crippen molar-refractivity contribution in [2.24, 2.45) is 0 Å². The Labute approximate surface area is 113 Å². The van der Waals surface area contributed by atoms with Crippen LogP contribution in [0, 0.1) is 0 Å². The topological polar surface area (TPSA) is 41.5 Å². The highest BCUT2D eigenvalue weighted by Gasteiger charge is 2.31. The second-order valence-electron chi connectivity index (χ2n) is 5.41. The van der Waals surface area contributed by atoms with Crippen LogP contribution in [0.1, 0.15) is 19.4 Å². The molecule has 4 heteroatoms. The summed E-state index contributed by atoms with van der Waals surface area (Å²) < 4.78 is 5.71. The summed E-state index contributed by atoms with van der Waals surface area (Å²) >= 11 is 5.86. The number of nitrogens with one attached hydrogen (secondary N) is 1. The number of hydrogen-bond acceptors (Lipinski definition) is 3. The van der Waals surface area contributed by atoms with Gasteiger partial charge in [-0.3, -0.25) is 0 Å². The Morgan fingerprint density at radius 1 is 1.39 bits per heavy atom. The van der Waals surface area contributed by atoms with E-state index in [1.165, 1.54) is 5.56 Å². The quantitative estimate of drug-likeness (QED) is 0.882. The first-order chi connectivity index (χ1) is 8.45. The zero-order chi connectivity index (χ0) is 13.2. The highest BCUT2D eigenvalue weighted by molar-refractivity contribution is 6.30. The third-order valence-electron chi connectivity index (χ3n) is 3.27. The van der Waals surface area contributed by atoms with Crippen molar-refractivity contribution >= 4 is 11.6 Å². The molecule has 1 heterocycles. The molecule has 0 spiro atoms. The highest BCUT2D eigenvalue weighted by atomic mass is 35.5. The lowest BCUT2D eigenvalue weighted by Gasteiger charge is -2.36. The zero-order valence-electron chi connectivity index (χ0n) is 10.8.